The molecule has 0 unspecified atom stereocenters. The Hall–Kier alpha value is -3.69. The van der Waals surface area contributed by atoms with Crippen LogP contribution in [0.25, 0.3) is 0 Å². The molecule has 3 aromatic heterocycles. The van der Waals surface area contributed by atoms with E-state index in [-0.39, 0.29) is 49.3 Å². The fourth-order valence-electron chi connectivity index (χ4n) is 5.23. The molecule has 1 aliphatic carbocycles. The molecule has 0 amide bonds. The van der Waals surface area contributed by atoms with Gasteiger partial charge in [0.25, 0.3) is 5.92 Å². The molecule has 1 saturated carbocycles. The summed E-state index contributed by atoms with van der Waals surface area (Å²) in [5.74, 6) is -1.67. The van der Waals surface area contributed by atoms with Gasteiger partial charge in [-0.3, -0.25) is 9.59 Å². The third-order valence-corrected chi connectivity index (χ3v) is 7.14. The standard InChI is InChI=1S/C28H30F2N6O2/c1-18(37)12-22-8-10-25(34-32-22)19-4-2-5-20(13-19)26-11-9-23(33-35-26)15-24(38)14-21-6-3-7-27(31-21)36-16-28(29,30)17-36/h3,6-11,19-20H,2,4-5,12-17H2,1H3/t19-,20-/m0/s1. The predicted octanol–water partition coefficient (Wildman–Crippen LogP) is 4.04. The van der Waals surface area contributed by atoms with Crippen molar-refractivity contribution in [3.8, 4) is 0 Å². The van der Waals surface area contributed by atoms with E-state index in [4.69, 9.17) is 0 Å². The van der Waals surface area contributed by atoms with Gasteiger partial charge in [0.2, 0.25) is 0 Å². The predicted molar refractivity (Wildman–Crippen MR) is 136 cm³/mol. The number of halogens is 2. The Morgan fingerprint density at radius 2 is 1.45 bits per heavy atom. The van der Waals surface area contributed by atoms with Crippen LogP contribution in [0.3, 0.4) is 0 Å². The minimum absolute atomic E-state index is 0.0600. The zero-order valence-electron chi connectivity index (χ0n) is 21.3. The number of hydrogen-bond donors (Lipinski definition) is 0. The largest absolute Gasteiger partial charge is 0.344 e. The van der Waals surface area contributed by atoms with E-state index in [0.29, 0.717) is 29.3 Å². The molecule has 8 nitrogen and oxygen atoms in total. The average molecular weight is 521 g/mol. The number of ketones is 2. The summed E-state index contributed by atoms with van der Waals surface area (Å²) in [4.78, 5) is 29.8. The van der Waals surface area contributed by atoms with E-state index in [1.54, 1.807) is 25.1 Å². The third-order valence-electron chi connectivity index (χ3n) is 7.14. The van der Waals surface area contributed by atoms with Gasteiger partial charge in [0, 0.05) is 18.3 Å². The molecule has 3 aromatic rings. The monoisotopic (exact) mass is 520 g/mol. The van der Waals surface area contributed by atoms with E-state index in [1.165, 1.54) is 4.90 Å². The van der Waals surface area contributed by atoms with Crippen LogP contribution in [0.1, 0.15) is 72.9 Å². The summed E-state index contributed by atoms with van der Waals surface area (Å²) in [5, 5.41) is 17.3. The Balaban J connectivity index is 1.15. The van der Waals surface area contributed by atoms with Crippen molar-refractivity contribution in [1.29, 1.82) is 0 Å². The molecular formula is C28H30F2N6O2. The lowest BCUT2D eigenvalue weighted by molar-refractivity contribution is -0.118. The summed E-state index contributed by atoms with van der Waals surface area (Å²) in [6.45, 7) is 0.852. The van der Waals surface area contributed by atoms with Crippen LogP contribution in [-0.4, -0.2) is 56.0 Å². The van der Waals surface area contributed by atoms with E-state index in [0.717, 1.165) is 37.1 Å². The van der Waals surface area contributed by atoms with Crippen LogP contribution in [-0.2, 0) is 28.9 Å². The van der Waals surface area contributed by atoms with Gasteiger partial charge in [-0.2, -0.15) is 20.4 Å². The molecule has 4 heterocycles. The topological polar surface area (TPSA) is 102 Å². The van der Waals surface area contributed by atoms with E-state index in [9.17, 15) is 18.4 Å². The Kier molecular flexibility index (Phi) is 7.49. The van der Waals surface area contributed by atoms with Crippen molar-refractivity contribution in [1.82, 2.24) is 25.4 Å². The summed E-state index contributed by atoms with van der Waals surface area (Å²) in [5.41, 5.74) is 3.69. The van der Waals surface area contributed by atoms with Gasteiger partial charge in [-0.25, -0.2) is 13.8 Å². The lowest BCUT2D eigenvalue weighted by Crippen LogP contribution is -2.56. The number of Topliss-reactive ketones (excluding diaryl/α,β-unsaturated/α-hetero) is 2. The lowest BCUT2D eigenvalue weighted by atomic mass is 9.78. The van der Waals surface area contributed by atoms with Crippen LogP contribution in [0, 0.1) is 0 Å². The lowest BCUT2D eigenvalue weighted by Gasteiger charge is -2.39. The first kappa shape index (κ1) is 25.9. The molecule has 5 rings (SSSR count). The molecule has 1 aliphatic heterocycles. The first-order valence-corrected chi connectivity index (χ1v) is 13.0. The van der Waals surface area contributed by atoms with Gasteiger partial charge in [-0.05, 0) is 62.6 Å². The summed E-state index contributed by atoms with van der Waals surface area (Å²) in [6, 6.07) is 12.8. The zero-order chi connectivity index (χ0) is 26.7. The number of aromatic nitrogens is 5. The highest BCUT2D eigenvalue weighted by molar-refractivity contribution is 5.82. The van der Waals surface area contributed by atoms with Gasteiger partial charge >= 0.3 is 0 Å². The van der Waals surface area contributed by atoms with Crippen molar-refractivity contribution in [2.45, 2.75) is 69.6 Å². The molecule has 2 fully saturated rings. The fourth-order valence-corrected chi connectivity index (χ4v) is 5.23. The Morgan fingerprint density at radius 3 is 2.00 bits per heavy atom. The molecule has 0 N–H and O–H groups in total. The number of anilines is 1. The molecule has 0 aromatic carbocycles. The van der Waals surface area contributed by atoms with E-state index in [1.807, 2.05) is 24.3 Å². The first-order valence-electron chi connectivity index (χ1n) is 13.0. The summed E-state index contributed by atoms with van der Waals surface area (Å²) < 4.78 is 26.3. The highest BCUT2D eigenvalue weighted by atomic mass is 19.3. The Labute approximate surface area is 219 Å². The molecule has 0 radical (unpaired) electrons. The number of alkyl halides is 2. The van der Waals surface area contributed by atoms with Crippen LogP contribution in [0.15, 0.2) is 42.5 Å². The van der Waals surface area contributed by atoms with E-state index >= 15 is 0 Å². The van der Waals surface area contributed by atoms with Crippen molar-refractivity contribution in [2.24, 2.45) is 0 Å². The van der Waals surface area contributed by atoms with Gasteiger partial charge < -0.3 is 4.90 Å². The van der Waals surface area contributed by atoms with Crippen molar-refractivity contribution >= 4 is 17.4 Å². The Bertz CT molecular complexity index is 1290. The van der Waals surface area contributed by atoms with Crippen molar-refractivity contribution in [3.63, 3.8) is 0 Å². The van der Waals surface area contributed by atoms with Crippen molar-refractivity contribution in [3.05, 3.63) is 70.9 Å². The molecule has 2 aliphatic rings. The van der Waals surface area contributed by atoms with Gasteiger partial charge in [-0.1, -0.05) is 12.5 Å². The van der Waals surface area contributed by atoms with Crippen molar-refractivity contribution in [2.75, 3.05) is 18.0 Å². The van der Waals surface area contributed by atoms with E-state index < -0.39 is 5.92 Å². The second kappa shape index (κ2) is 11.0. The number of nitrogens with zero attached hydrogens (tertiary/aromatic N) is 6. The van der Waals surface area contributed by atoms with Gasteiger partial charge in [-0.15, -0.1) is 0 Å². The smallest absolute Gasteiger partial charge is 0.282 e. The van der Waals surface area contributed by atoms with Crippen LogP contribution < -0.4 is 4.90 Å². The molecule has 38 heavy (non-hydrogen) atoms. The highest BCUT2D eigenvalue weighted by Gasteiger charge is 2.44. The number of carbonyl (C=O) groups is 2. The van der Waals surface area contributed by atoms with Crippen LogP contribution in [0.2, 0.25) is 0 Å². The number of carbonyl (C=O) groups excluding carboxylic acids is 2. The maximum Gasteiger partial charge on any atom is 0.282 e. The van der Waals surface area contributed by atoms with Crippen molar-refractivity contribution < 1.29 is 18.4 Å². The average Bonchev–Trinajstić information content (AvgIpc) is 2.88. The Morgan fingerprint density at radius 1 is 0.842 bits per heavy atom. The minimum Gasteiger partial charge on any atom is -0.344 e. The zero-order valence-corrected chi connectivity index (χ0v) is 21.3. The maximum absolute atomic E-state index is 13.2. The number of pyridine rings is 1. The molecule has 0 spiro atoms. The van der Waals surface area contributed by atoms with Gasteiger partial charge in [0.1, 0.15) is 17.4 Å². The molecular weight excluding hydrogens is 490 g/mol. The third kappa shape index (κ3) is 6.41. The number of rotatable bonds is 9. The quantitative estimate of drug-likeness (QED) is 0.417. The second-order valence-corrected chi connectivity index (χ2v) is 10.4. The minimum atomic E-state index is -2.67. The van der Waals surface area contributed by atoms with Crippen LogP contribution in [0.5, 0.6) is 0 Å². The van der Waals surface area contributed by atoms with Gasteiger partial charge in [0.15, 0.2) is 0 Å². The highest BCUT2D eigenvalue weighted by Crippen LogP contribution is 2.39. The summed E-state index contributed by atoms with van der Waals surface area (Å²) >= 11 is 0. The molecule has 1 saturated heterocycles. The maximum atomic E-state index is 13.2. The molecule has 198 valence electrons. The second-order valence-electron chi connectivity index (χ2n) is 10.4. The van der Waals surface area contributed by atoms with Crippen LogP contribution >= 0.6 is 0 Å². The van der Waals surface area contributed by atoms with E-state index in [2.05, 4.69) is 25.4 Å². The normalized spacial score (nSPS) is 20.6. The van der Waals surface area contributed by atoms with Gasteiger partial charge in [0.05, 0.1) is 54.4 Å². The first-order chi connectivity index (χ1) is 18.2. The molecule has 0 bridgehead atoms. The summed E-state index contributed by atoms with van der Waals surface area (Å²) in [6.07, 6.45) is 4.55. The van der Waals surface area contributed by atoms with Crippen LogP contribution in [0.4, 0.5) is 14.6 Å². The molecule has 10 heteroatoms. The fraction of sp³-hybridized carbons (Fsp3) is 0.464. The SMILES string of the molecule is CC(=O)Cc1ccc([C@H]2CCC[C@H](c3ccc(CC(=O)Cc4cccc(N5CC(F)(F)C5)n4)nn3)C2)nn1. The summed E-state index contributed by atoms with van der Waals surface area (Å²) in [7, 11) is 0. The molecule has 2 atom stereocenters. The number of hydrogen-bond acceptors (Lipinski definition) is 8.